The molecule has 0 aliphatic heterocycles. The van der Waals surface area contributed by atoms with Crippen LogP contribution in [0.1, 0.15) is 69.4 Å². The number of ether oxygens (including phenoxy) is 2. The van der Waals surface area contributed by atoms with E-state index >= 15 is 0 Å². The van der Waals surface area contributed by atoms with Gasteiger partial charge in [-0.15, -0.1) is 0 Å². The molecule has 2 heterocycles. The van der Waals surface area contributed by atoms with Crippen LogP contribution in [0, 0.1) is 0 Å². The molecule has 2 aliphatic rings. The van der Waals surface area contributed by atoms with Crippen molar-refractivity contribution in [2.75, 3.05) is 17.7 Å². The Hall–Kier alpha value is -6.48. The smallest absolute Gasteiger partial charge is 0.347 e. The Morgan fingerprint density at radius 2 is 1.12 bits per heavy atom. The molecule has 0 saturated heterocycles. The highest BCUT2D eigenvalue weighted by Gasteiger charge is 2.27. The number of hydrogen-bond acceptors (Lipinski definition) is 8. The number of nitrogens with zero attached hydrogens (tertiary/aromatic N) is 2. The van der Waals surface area contributed by atoms with Gasteiger partial charge in [0.1, 0.15) is 0 Å². The van der Waals surface area contributed by atoms with Crippen LogP contribution in [0.5, 0.6) is 11.8 Å². The first-order valence-electron chi connectivity index (χ1n) is 17.4. The van der Waals surface area contributed by atoms with Crippen LogP contribution in [0.15, 0.2) is 122 Å². The van der Waals surface area contributed by atoms with Crippen molar-refractivity contribution in [2.24, 2.45) is 0 Å². The van der Waals surface area contributed by atoms with Crippen molar-refractivity contribution >= 4 is 34.7 Å². The van der Waals surface area contributed by atoms with Crippen LogP contribution in [0.25, 0.3) is 22.3 Å². The second kappa shape index (κ2) is 14.0. The van der Waals surface area contributed by atoms with E-state index in [0.717, 1.165) is 53.5 Å². The summed E-state index contributed by atoms with van der Waals surface area (Å²) in [7, 11) is 1.59. The Morgan fingerprint density at radius 1 is 0.635 bits per heavy atom. The largest absolute Gasteiger partial charge is 0.481 e. The fourth-order valence-corrected chi connectivity index (χ4v) is 6.42. The standard InChI is InChI=1S/C43H36N4O5/c1-51-40-34(28-8-4-2-5-9-28)22-32(24-44-40)47-39-19-17-31(27-14-15-27)21-37(39)43(50)52-41-35(29-10-6-3-7-11-29)23-33(25-45-41)46-38-18-16-30(26-12-13-26)20-36(38)42(48)49/h2-11,16-27,46-47H,12-15H2,1H3,(H,48,49). The Labute approximate surface area is 301 Å². The number of carboxylic acids is 1. The number of pyridine rings is 2. The van der Waals surface area contributed by atoms with Crippen molar-refractivity contribution in [3.63, 3.8) is 0 Å². The lowest BCUT2D eigenvalue weighted by atomic mass is 10.0. The molecule has 9 nitrogen and oxygen atoms in total. The number of benzene rings is 4. The Morgan fingerprint density at radius 3 is 1.62 bits per heavy atom. The van der Waals surface area contributed by atoms with E-state index in [2.05, 4.69) is 20.6 Å². The SMILES string of the molecule is COc1ncc(Nc2ccc(C3CC3)cc2C(=O)Oc2ncc(Nc3ccc(C4CC4)cc3C(=O)O)cc2-c2ccccc2)cc1-c1ccccc1. The van der Waals surface area contributed by atoms with E-state index in [9.17, 15) is 14.7 Å². The van der Waals surface area contributed by atoms with Gasteiger partial charge in [0.2, 0.25) is 11.8 Å². The average Bonchev–Trinajstić information content (AvgIpc) is 4.11. The number of anilines is 4. The zero-order valence-electron chi connectivity index (χ0n) is 28.5. The fraction of sp³-hybridized carbons (Fsp3) is 0.163. The number of aromatic nitrogens is 2. The highest BCUT2D eigenvalue weighted by atomic mass is 16.5. The lowest BCUT2D eigenvalue weighted by molar-refractivity contribution is 0.0694. The van der Waals surface area contributed by atoms with Gasteiger partial charge in [-0.05, 0) is 96.2 Å². The van der Waals surface area contributed by atoms with Crippen LogP contribution in [-0.2, 0) is 0 Å². The van der Waals surface area contributed by atoms with Gasteiger partial charge in [0.05, 0.1) is 53.4 Å². The van der Waals surface area contributed by atoms with Crippen molar-refractivity contribution in [1.82, 2.24) is 9.97 Å². The number of carbonyl (C=O) groups excluding carboxylic acids is 1. The summed E-state index contributed by atoms with van der Waals surface area (Å²) in [6.07, 6.45) is 7.52. The number of rotatable bonds is 12. The van der Waals surface area contributed by atoms with E-state index in [4.69, 9.17) is 9.47 Å². The van der Waals surface area contributed by atoms with Crippen LogP contribution in [0.3, 0.4) is 0 Å². The minimum absolute atomic E-state index is 0.129. The van der Waals surface area contributed by atoms with Gasteiger partial charge in [-0.25, -0.2) is 19.6 Å². The molecule has 0 atom stereocenters. The molecule has 0 bridgehead atoms. The van der Waals surface area contributed by atoms with Gasteiger partial charge in [-0.3, -0.25) is 0 Å². The van der Waals surface area contributed by atoms with Crippen LogP contribution in [-0.4, -0.2) is 34.1 Å². The zero-order chi connectivity index (χ0) is 35.6. The average molecular weight is 689 g/mol. The first kappa shape index (κ1) is 32.7. The fourth-order valence-electron chi connectivity index (χ4n) is 6.42. The molecule has 6 aromatic rings. The zero-order valence-corrected chi connectivity index (χ0v) is 28.5. The van der Waals surface area contributed by atoms with Gasteiger partial charge in [-0.2, -0.15) is 0 Å². The first-order chi connectivity index (χ1) is 25.4. The number of hydrogen-bond donors (Lipinski definition) is 3. The second-order valence-electron chi connectivity index (χ2n) is 13.2. The molecule has 4 aromatic carbocycles. The molecule has 0 spiro atoms. The number of aromatic carboxylic acids is 1. The normalized spacial score (nSPS) is 13.6. The van der Waals surface area contributed by atoms with Gasteiger partial charge in [0.15, 0.2) is 0 Å². The minimum Gasteiger partial charge on any atom is -0.481 e. The molecule has 8 rings (SSSR count). The van der Waals surface area contributed by atoms with E-state index in [1.807, 2.05) is 97.1 Å². The summed E-state index contributed by atoms with van der Waals surface area (Å²) in [5, 5.41) is 16.6. The van der Waals surface area contributed by atoms with E-state index in [-0.39, 0.29) is 11.4 Å². The third-order valence-electron chi connectivity index (χ3n) is 9.45. The van der Waals surface area contributed by atoms with Gasteiger partial charge in [0, 0.05) is 11.1 Å². The first-order valence-corrected chi connectivity index (χ1v) is 17.4. The van der Waals surface area contributed by atoms with Crippen molar-refractivity contribution in [1.29, 1.82) is 0 Å². The Balaban J connectivity index is 1.12. The molecule has 9 heteroatoms. The van der Waals surface area contributed by atoms with Crippen LogP contribution < -0.4 is 20.1 Å². The van der Waals surface area contributed by atoms with Crippen LogP contribution in [0.2, 0.25) is 0 Å². The van der Waals surface area contributed by atoms with Crippen molar-refractivity contribution < 1.29 is 24.2 Å². The van der Waals surface area contributed by atoms with E-state index in [0.29, 0.717) is 51.6 Å². The third kappa shape index (κ3) is 7.07. The van der Waals surface area contributed by atoms with Crippen molar-refractivity contribution in [3.05, 3.63) is 144 Å². The molecular weight excluding hydrogens is 652 g/mol. The second-order valence-corrected chi connectivity index (χ2v) is 13.2. The van der Waals surface area contributed by atoms with Crippen LogP contribution >= 0.6 is 0 Å². The van der Waals surface area contributed by atoms with Crippen molar-refractivity contribution in [2.45, 2.75) is 37.5 Å². The Bertz CT molecular complexity index is 2290. The summed E-state index contributed by atoms with van der Waals surface area (Å²) in [6, 6.07) is 34.5. The molecule has 3 N–H and O–H groups in total. The topological polar surface area (TPSA) is 123 Å². The van der Waals surface area contributed by atoms with Gasteiger partial charge < -0.3 is 25.2 Å². The number of nitrogens with one attached hydrogen (secondary N) is 2. The molecule has 0 radical (unpaired) electrons. The molecule has 2 aromatic heterocycles. The summed E-state index contributed by atoms with van der Waals surface area (Å²) in [6.45, 7) is 0. The summed E-state index contributed by atoms with van der Waals surface area (Å²) >= 11 is 0. The quantitative estimate of drug-likeness (QED) is 0.108. The maximum Gasteiger partial charge on any atom is 0.347 e. The van der Waals surface area contributed by atoms with Crippen LogP contribution in [0.4, 0.5) is 22.7 Å². The summed E-state index contributed by atoms with van der Waals surface area (Å²) in [5.41, 5.74) is 8.05. The van der Waals surface area contributed by atoms with Gasteiger partial charge >= 0.3 is 11.9 Å². The number of esters is 1. The minimum atomic E-state index is -1.01. The summed E-state index contributed by atoms with van der Waals surface area (Å²) in [5.74, 6) is -0.120. The molecule has 258 valence electrons. The number of carboxylic acid groups (broad SMARTS) is 1. The molecule has 0 unspecified atom stereocenters. The lowest BCUT2D eigenvalue weighted by Crippen LogP contribution is -2.13. The predicted molar refractivity (Wildman–Crippen MR) is 201 cm³/mol. The van der Waals surface area contributed by atoms with E-state index < -0.39 is 11.9 Å². The maximum atomic E-state index is 14.2. The van der Waals surface area contributed by atoms with Gasteiger partial charge in [-0.1, -0.05) is 72.8 Å². The highest BCUT2D eigenvalue weighted by Crippen LogP contribution is 2.43. The monoisotopic (exact) mass is 688 g/mol. The number of methoxy groups -OCH3 is 1. The van der Waals surface area contributed by atoms with Crippen molar-refractivity contribution in [3.8, 4) is 34.0 Å². The van der Waals surface area contributed by atoms with E-state index in [1.54, 1.807) is 31.6 Å². The molecule has 2 saturated carbocycles. The molecular formula is C43H36N4O5. The molecule has 2 fully saturated rings. The molecule has 0 amide bonds. The van der Waals surface area contributed by atoms with E-state index in [1.165, 1.54) is 0 Å². The maximum absolute atomic E-state index is 14.2. The molecule has 52 heavy (non-hydrogen) atoms. The highest BCUT2D eigenvalue weighted by molar-refractivity contribution is 5.99. The Kier molecular flexibility index (Phi) is 8.83. The number of carbonyl (C=O) groups is 2. The third-order valence-corrected chi connectivity index (χ3v) is 9.45. The molecule has 2 aliphatic carbocycles. The lowest BCUT2D eigenvalue weighted by Gasteiger charge is -2.17. The summed E-state index contributed by atoms with van der Waals surface area (Å²) < 4.78 is 11.7. The van der Waals surface area contributed by atoms with Gasteiger partial charge in [0.25, 0.3) is 0 Å². The summed E-state index contributed by atoms with van der Waals surface area (Å²) in [4.78, 5) is 35.5. The predicted octanol–water partition coefficient (Wildman–Crippen LogP) is 9.98.